The Kier molecular flexibility index (Phi) is 6.77. The molecule has 0 amide bonds. The molecule has 0 saturated carbocycles. The van der Waals surface area contributed by atoms with Crippen LogP contribution in [0.15, 0.2) is 60.7 Å². The topological polar surface area (TPSA) is 58.9 Å². The zero-order valence-corrected chi connectivity index (χ0v) is 17.1. The van der Waals surface area contributed by atoms with Crippen LogP contribution in [0.25, 0.3) is 0 Å². The average molecular weight is 375 g/mol. The molecular formula is C21H30O4Si. The average Bonchev–Trinajstić information content (AvgIpc) is 2.66. The van der Waals surface area contributed by atoms with E-state index in [1.807, 2.05) is 36.4 Å². The molecule has 0 saturated heterocycles. The molecule has 0 atom stereocenters. The molecule has 0 radical (unpaired) electrons. The Hall–Kier alpha value is -1.50. The molecule has 0 aliphatic carbocycles. The lowest BCUT2D eigenvalue weighted by Gasteiger charge is -2.45. The quantitative estimate of drug-likeness (QED) is 0.693. The molecule has 2 rings (SSSR count). The summed E-state index contributed by atoms with van der Waals surface area (Å²) in [5, 5.41) is 21.7. The normalized spacial score (nSPS) is 13.0. The fourth-order valence-corrected chi connectivity index (χ4v) is 7.97. The fraction of sp³-hybridized carbons (Fsp3) is 0.429. The number of rotatable bonds is 8. The molecule has 0 aliphatic rings. The molecule has 5 heteroatoms. The molecule has 0 heterocycles. The second kappa shape index (κ2) is 8.46. The van der Waals surface area contributed by atoms with Crippen LogP contribution in [0, 0.1) is 0 Å². The number of hydrogen-bond donors (Lipinski definition) is 2. The Morgan fingerprint density at radius 1 is 0.808 bits per heavy atom. The van der Waals surface area contributed by atoms with Crippen molar-refractivity contribution in [2.24, 2.45) is 0 Å². The Bertz CT molecular complexity index is 616. The molecule has 4 nitrogen and oxygen atoms in total. The lowest BCUT2D eigenvalue weighted by atomic mass is 10.1. The van der Waals surface area contributed by atoms with Crippen molar-refractivity contribution in [3.63, 3.8) is 0 Å². The second-order valence-corrected chi connectivity index (χ2v) is 12.0. The summed E-state index contributed by atoms with van der Waals surface area (Å²) >= 11 is 0. The van der Waals surface area contributed by atoms with Crippen molar-refractivity contribution in [3.8, 4) is 0 Å². The van der Waals surface area contributed by atoms with Gasteiger partial charge in [0.05, 0.1) is 19.8 Å². The predicted molar refractivity (Wildman–Crippen MR) is 107 cm³/mol. The van der Waals surface area contributed by atoms with Gasteiger partial charge in [0, 0.05) is 7.11 Å². The first-order valence-electron chi connectivity index (χ1n) is 8.87. The molecule has 26 heavy (non-hydrogen) atoms. The van der Waals surface area contributed by atoms with E-state index < -0.39 is 13.9 Å². The minimum atomic E-state index is -2.71. The molecule has 0 unspecified atom stereocenters. The van der Waals surface area contributed by atoms with Crippen LogP contribution in [0.4, 0.5) is 0 Å². The zero-order valence-electron chi connectivity index (χ0n) is 16.1. The highest BCUT2D eigenvalue weighted by Gasteiger charge is 2.51. The first-order chi connectivity index (χ1) is 12.3. The van der Waals surface area contributed by atoms with E-state index in [2.05, 4.69) is 45.0 Å². The van der Waals surface area contributed by atoms with Crippen LogP contribution in [0.3, 0.4) is 0 Å². The molecule has 0 spiro atoms. The Morgan fingerprint density at radius 3 is 1.54 bits per heavy atom. The summed E-state index contributed by atoms with van der Waals surface area (Å²) in [7, 11) is -1.22. The third-order valence-electron chi connectivity index (χ3n) is 4.98. The summed E-state index contributed by atoms with van der Waals surface area (Å²) in [4.78, 5) is 0. The van der Waals surface area contributed by atoms with Crippen molar-refractivity contribution in [1.82, 2.24) is 0 Å². The summed E-state index contributed by atoms with van der Waals surface area (Å²) < 4.78 is 12.1. The molecule has 0 fully saturated rings. The monoisotopic (exact) mass is 374 g/mol. The van der Waals surface area contributed by atoms with Crippen molar-refractivity contribution < 1.29 is 19.4 Å². The lowest BCUT2D eigenvalue weighted by Crippen LogP contribution is -2.68. The number of ether oxygens (including phenoxy) is 1. The predicted octanol–water partition coefficient (Wildman–Crippen LogP) is 1.93. The molecular weight excluding hydrogens is 344 g/mol. The second-order valence-electron chi connectivity index (χ2n) is 7.66. The third kappa shape index (κ3) is 3.92. The van der Waals surface area contributed by atoms with Crippen LogP contribution in [-0.2, 0) is 9.16 Å². The molecule has 142 valence electrons. The van der Waals surface area contributed by atoms with Gasteiger partial charge < -0.3 is 19.4 Å². The van der Waals surface area contributed by atoms with Gasteiger partial charge in [0.1, 0.15) is 5.60 Å². The maximum atomic E-state index is 9.77. The number of methoxy groups -OCH3 is 1. The van der Waals surface area contributed by atoms with Crippen molar-refractivity contribution >= 4 is 18.7 Å². The van der Waals surface area contributed by atoms with E-state index in [-0.39, 0.29) is 24.9 Å². The van der Waals surface area contributed by atoms with Gasteiger partial charge in [-0.3, -0.25) is 0 Å². The molecule has 0 bridgehead atoms. The maximum absolute atomic E-state index is 9.77. The van der Waals surface area contributed by atoms with Crippen LogP contribution in [-0.4, -0.2) is 51.1 Å². The van der Waals surface area contributed by atoms with E-state index in [0.29, 0.717) is 0 Å². The van der Waals surface area contributed by atoms with E-state index >= 15 is 0 Å². The molecule has 2 aromatic carbocycles. The Labute approximate surface area is 157 Å². The molecule has 2 N–H and O–H groups in total. The summed E-state index contributed by atoms with van der Waals surface area (Å²) in [5.74, 6) is 0. The first kappa shape index (κ1) is 20.8. The number of aliphatic hydroxyl groups is 2. The van der Waals surface area contributed by atoms with Gasteiger partial charge in [0.25, 0.3) is 8.32 Å². The number of hydrogen-bond acceptors (Lipinski definition) is 4. The molecule has 0 aromatic heterocycles. The number of benzene rings is 2. The van der Waals surface area contributed by atoms with Crippen molar-refractivity contribution in [2.45, 2.75) is 31.4 Å². The SMILES string of the molecule is COC(CO)(CO)CO[Si](c1ccccc1)(c1ccccc1)C(C)(C)C. The molecule has 2 aromatic rings. The van der Waals surface area contributed by atoms with Gasteiger partial charge in [-0.2, -0.15) is 0 Å². The first-order valence-corrected chi connectivity index (χ1v) is 10.8. The smallest absolute Gasteiger partial charge is 0.261 e. The van der Waals surface area contributed by atoms with E-state index in [0.717, 1.165) is 10.4 Å². The molecule has 0 aliphatic heterocycles. The van der Waals surface area contributed by atoms with E-state index in [1.165, 1.54) is 7.11 Å². The zero-order chi connectivity index (χ0) is 19.3. The van der Waals surface area contributed by atoms with Gasteiger partial charge in [-0.15, -0.1) is 0 Å². The standard InChI is InChI=1S/C21H30O4Si/c1-20(2,3)26(18-11-7-5-8-12-18,19-13-9-6-10-14-19)25-17-21(15-22,16-23)24-4/h5-14,22-23H,15-17H2,1-4H3. The summed E-state index contributed by atoms with van der Waals surface area (Å²) in [6.45, 7) is 6.06. The van der Waals surface area contributed by atoms with Gasteiger partial charge in [-0.1, -0.05) is 81.4 Å². The van der Waals surface area contributed by atoms with Crippen molar-refractivity contribution in [2.75, 3.05) is 26.9 Å². The summed E-state index contributed by atoms with van der Waals surface area (Å²) in [6, 6.07) is 20.5. The van der Waals surface area contributed by atoms with Gasteiger partial charge in [-0.25, -0.2) is 0 Å². The van der Waals surface area contributed by atoms with E-state index in [1.54, 1.807) is 0 Å². The maximum Gasteiger partial charge on any atom is 0.261 e. The van der Waals surface area contributed by atoms with Crippen LogP contribution >= 0.6 is 0 Å². The Balaban J connectivity index is 2.61. The van der Waals surface area contributed by atoms with Gasteiger partial charge >= 0.3 is 0 Å². The minimum absolute atomic E-state index is 0.115. The highest BCUT2D eigenvalue weighted by molar-refractivity contribution is 6.99. The van der Waals surface area contributed by atoms with Gasteiger partial charge in [0.15, 0.2) is 0 Å². The van der Waals surface area contributed by atoms with Crippen molar-refractivity contribution in [3.05, 3.63) is 60.7 Å². The van der Waals surface area contributed by atoms with Crippen LogP contribution < -0.4 is 10.4 Å². The lowest BCUT2D eigenvalue weighted by molar-refractivity contribution is -0.109. The van der Waals surface area contributed by atoms with Crippen LogP contribution in [0.2, 0.25) is 5.04 Å². The summed E-state index contributed by atoms with van der Waals surface area (Å²) in [5.41, 5.74) is -1.12. The fourth-order valence-electron chi connectivity index (χ4n) is 3.33. The number of aliphatic hydroxyl groups excluding tert-OH is 2. The summed E-state index contributed by atoms with van der Waals surface area (Å²) in [6.07, 6.45) is 0. The van der Waals surface area contributed by atoms with E-state index in [9.17, 15) is 10.2 Å². The highest BCUT2D eigenvalue weighted by Crippen LogP contribution is 2.37. The third-order valence-corrected chi connectivity index (χ3v) is 9.96. The Morgan fingerprint density at radius 2 is 1.23 bits per heavy atom. The van der Waals surface area contributed by atoms with E-state index in [4.69, 9.17) is 9.16 Å². The van der Waals surface area contributed by atoms with Gasteiger partial charge in [0.2, 0.25) is 0 Å². The largest absolute Gasteiger partial charge is 0.404 e. The highest BCUT2D eigenvalue weighted by atomic mass is 28.4. The van der Waals surface area contributed by atoms with Crippen LogP contribution in [0.1, 0.15) is 20.8 Å². The van der Waals surface area contributed by atoms with Crippen molar-refractivity contribution in [1.29, 1.82) is 0 Å². The van der Waals surface area contributed by atoms with Crippen LogP contribution in [0.5, 0.6) is 0 Å². The minimum Gasteiger partial charge on any atom is -0.404 e. The van der Waals surface area contributed by atoms with Gasteiger partial charge in [-0.05, 0) is 15.4 Å².